The summed E-state index contributed by atoms with van der Waals surface area (Å²) in [4.78, 5) is 26.6. The summed E-state index contributed by atoms with van der Waals surface area (Å²) >= 11 is 0. The molecule has 0 bridgehead atoms. The van der Waals surface area contributed by atoms with Gasteiger partial charge >= 0.3 is 5.63 Å². The minimum Gasteiger partial charge on any atom is -0.493 e. The van der Waals surface area contributed by atoms with Gasteiger partial charge in [-0.15, -0.1) is 0 Å². The van der Waals surface area contributed by atoms with Crippen molar-refractivity contribution in [3.05, 3.63) is 40.2 Å². The SMILES string of the molecule is COc1cccc2cc(C(=O)N3CCN(S(=O)(=O)C4CC4)CC3)c(=O)oc12. The van der Waals surface area contributed by atoms with Gasteiger partial charge in [0.05, 0.1) is 12.4 Å². The number of amides is 1. The fraction of sp³-hybridized carbons (Fsp3) is 0.444. The molecule has 8 nitrogen and oxygen atoms in total. The lowest BCUT2D eigenvalue weighted by Crippen LogP contribution is -2.51. The number of carbonyl (C=O) groups is 1. The Bertz CT molecular complexity index is 1050. The zero-order valence-corrected chi connectivity index (χ0v) is 15.7. The number of fused-ring (bicyclic) bond motifs is 1. The van der Waals surface area contributed by atoms with Crippen LogP contribution in [0.1, 0.15) is 23.2 Å². The van der Waals surface area contributed by atoms with Crippen LogP contribution in [0.15, 0.2) is 33.5 Å². The number of piperazine rings is 1. The van der Waals surface area contributed by atoms with Gasteiger partial charge in [0.15, 0.2) is 11.3 Å². The molecule has 1 saturated heterocycles. The highest BCUT2D eigenvalue weighted by atomic mass is 32.2. The van der Waals surface area contributed by atoms with E-state index in [1.807, 2.05) is 0 Å². The third-order valence-electron chi connectivity index (χ3n) is 5.01. The van der Waals surface area contributed by atoms with Crippen LogP contribution in [-0.4, -0.2) is 62.1 Å². The van der Waals surface area contributed by atoms with E-state index < -0.39 is 21.6 Å². The van der Waals surface area contributed by atoms with Crippen molar-refractivity contribution >= 4 is 26.9 Å². The van der Waals surface area contributed by atoms with E-state index in [0.717, 1.165) is 0 Å². The molecule has 1 aliphatic heterocycles. The van der Waals surface area contributed by atoms with Crippen LogP contribution in [0.4, 0.5) is 0 Å². The van der Waals surface area contributed by atoms with E-state index in [4.69, 9.17) is 9.15 Å². The highest BCUT2D eigenvalue weighted by Crippen LogP contribution is 2.31. The molecule has 0 spiro atoms. The maximum absolute atomic E-state index is 12.8. The third kappa shape index (κ3) is 3.21. The molecule has 1 aromatic heterocycles. The molecule has 1 amide bonds. The molecule has 27 heavy (non-hydrogen) atoms. The van der Waals surface area contributed by atoms with Crippen molar-refractivity contribution in [2.45, 2.75) is 18.1 Å². The first-order valence-electron chi connectivity index (χ1n) is 8.81. The summed E-state index contributed by atoms with van der Waals surface area (Å²) in [6.07, 6.45) is 1.42. The van der Waals surface area contributed by atoms with Crippen LogP contribution < -0.4 is 10.4 Å². The first-order chi connectivity index (χ1) is 12.9. The molecule has 0 atom stereocenters. The standard InChI is InChI=1S/C18H20N2O6S/c1-25-15-4-2-3-12-11-14(18(22)26-16(12)15)17(21)19-7-9-20(10-8-19)27(23,24)13-5-6-13/h2-4,11,13H,5-10H2,1H3. The molecule has 0 N–H and O–H groups in total. The monoisotopic (exact) mass is 392 g/mol. The molecule has 1 saturated carbocycles. The van der Waals surface area contributed by atoms with Crippen molar-refractivity contribution < 1.29 is 22.4 Å². The van der Waals surface area contributed by atoms with E-state index in [1.165, 1.54) is 22.4 Å². The lowest BCUT2D eigenvalue weighted by molar-refractivity contribution is 0.0693. The minimum atomic E-state index is -3.25. The van der Waals surface area contributed by atoms with Gasteiger partial charge in [-0.05, 0) is 25.0 Å². The molecule has 2 aromatic rings. The van der Waals surface area contributed by atoms with E-state index in [2.05, 4.69) is 0 Å². The first-order valence-corrected chi connectivity index (χ1v) is 10.3. The van der Waals surface area contributed by atoms with Gasteiger partial charge in [-0.3, -0.25) is 4.79 Å². The number of nitrogens with zero attached hydrogens (tertiary/aromatic N) is 2. The maximum atomic E-state index is 12.8. The summed E-state index contributed by atoms with van der Waals surface area (Å²) in [6, 6.07) is 6.65. The molecular formula is C18H20N2O6S. The van der Waals surface area contributed by atoms with Crippen molar-refractivity contribution in [1.82, 2.24) is 9.21 Å². The van der Waals surface area contributed by atoms with E-state index in [-0.39, 0.29) is 37.0 Å². The summed E-state index contributed by atoms with van der Waals surface area (Å²) in [5.41, 5.74) is -0.499. The van der Waals surface area contributed by atoms with Gasteiger partial charge in [-0.2, -0.15) is 4.31 Å². The van der Waals surface area contributed by atoms with E-state index >= 15 is 0 Å². The average Bonchev–Trinajstić information content (AvgIpc) is 3.52. The van der Waals surface area contributed by atoms with Crippen molar-refractivity contribution in [1.29, 1.82) is 0 Å². The summed E-state index contributed by atoms with van der Waals surface area (Å²) in [7, 11) is -1.77. The van der Waals surface area contributed by atoms with Crippen molar-refractivity contribution in [3.8, 4) is 5.75 Å². The third-order valence-corrected chi connectivity index (χ3v) is 7.40. The second-order valence-corrected chi connectivity index (χ2v) is 8.97. The maximum Gasteiger partial charge on any atom is 0.349 e. The number of benzene rings is 1. The molecule has 2 aliphatic rings. The lowest BCUT2D eigenvalue weighted by Gasteiger charge is -2.33. The van der Waals surface area contributed by atoms with Gasteiger partial charge in [0.2, 0.25) is 10.0 Å². The lowest BCUT2D eigenvalue weighted by atomic mass is 10.1. The molecule has 1 aromatic carbocycles. The van der Waals surface area contributed by atoms with Gasteiger partial charge < -0.3 is 14.1 Å². The number of carbonyl (C=O) groups excluding carboxylic acids is 1. The summed E-state index contributed by atoms with van der Waals surface area (Å²) < 4.78 is 36.5. The van der Waals surface area contributed by atoms with E-state index in [1.54, 1.807) is 18.2 Å². The molecule has 144 valence electrons. The van der Waals surface area contributed by atoms with Gasteiger partial charge in [0.25, 0.3) is 5.91 Å². The fourth-order valence-corrected chi connectivity index (χ4v) is 5.15. The Kier molecular flexibility index (Phi) is 4.43. The zero-order valence-electron chi connectivity index (χ0n) is 14.9. The van der Waals surface area contributed by atoms with Crippen LogP contribution in [0.3, 0.4) is 0 Å². The highest BCUT2D eigenvalue weighted by molar-refractivity contribution is 7.90. The van der Waals surface area contributed by atoms with Crippen molar-refractivity contribution in [3.63, 3.8) is 0 Å². The normalized spacial score (nSPS) is 18.6. The van der Waals surface area contributed by atoms with Gasteiger partial charge in [0, 0.05) is 31.6 Å². The van der Waals surface area contributed by atoms with Crippen LogP contribution in [0.25, 0.3) is 11.0 Å². The Balaban J connectivity index is 1.55. The van der Waals surface area contributed by atoms with Crippen LogP contribution in [-0.2, 0) is 10.0 Å². The van der Waals surface area contributed by atoms with Crippen molar-refractivity contribution in [2.75, 3.05) is 33.3 Å². The van der Waals surface area contributed by atoms with Crippen LogP contribution in [0.5, 0.6) is 5.75 Å². The van der Waals surface area contributed by atoms with Crippen LogP contribution in [0.2, 0.25) is 0 Å². The zero-order chi connectivity index (χ0) is 19.2. The van der Waals surface area contributed by atoms with Crippen molar-refractivity contribution in [2.24, 2.45) is 0 Å². The quantitative estimate of drug-likeness (QED) is 0.722. The summed E-state index contributed by atoms with van der Waals surface area (Å²) in [5, 5.41) is 0.328. The molecule has 2 heterocycles. The smallest absolute Gasteiger partial charge is 0.349 e. The topological polar surface area (TPSA) is 97.1 Å². The Morgan fingerprint density at radius 2 is 1.89 bits per heavy atom. The average molecular weight is 392 g/mol. The Morgan fingerprint density at radius 1 is 1.19 bits per heavy atom. The summed E-state index contributed by atoms with van der Waals surface area (Å²) in [6.45, 7) is 0.995. The highest BCUT2D eigenvalue weighted by Gasteiger charge is 2.41. The summed E-state index contributed by atoms with van der Waals surface area (Å²) in [5.74, 6) is -0.0283. The second kappa shape index (κ2) is 6.65. The number of hydrogen-bond donors (Lipinski definition) is 0. The molecule has 4 rings (SSSR count). The number of ether oxygens (including phenoxy) is 1. The van der Waals surface area contributed by atoms with Gasteiger partial charge in [0.1, 0.15) is 5.56 Å². The fourth-order valence-electron chi connectivity index (χ4n) is 3.32. The van der Waals surface area contributed by atoms with Gasteiger partial charge in [-0.1, -0.05) is 12.1 Å². The number of rotatable bonds is 4. The number of para-hydroxylation sites is 1. The van der Waals surface area contributed by atoms with Crippen LogP contribution in [0, 0.1) is 0 Å². The van der Waals surface area contributed by atoms with E-state index in [0.29, 0.717) is 29.6 Å². The first kappa shape index (κ1) is 18.0. The molecule has 2 fully saturated rings. The number of sulfonamides is 1. The minimum absolute atomic E-state index is 0.0609. The largest absolute Gasteiger partial charge is 0.493 e. The molecular weight excluding hydrogens is 372 g/mol. The van der Waals surface area contributed by atoms with E-state index in [9.17, 15) is 18.0 Å². The predicted molar refractivity (Wildman–Crippen MR) is 98.5 cm³/mol. The molecule has 0 radical (unpaired) electrons. The predicted octanol–water partition coefficient (Wildman–Crippen LogP) is 1.05. The molecule has 9 heteroatoms. The molecule has 1 aliphatic carbocycles. The Morgan fingerprint density at radius 3 is 2.52 bits per heavy atom. The van der Waals surface area contributed by atoms with Crippen LogP contribution >= 0.6 is 0 Å². The van der Waals surface area contributed by atoms with Gasteiger partial charge in [-0.25, -0.2) is 13.2 Å². The second-order valence-electron chi connectivity index (χ2n) is 6.76. The Hall–Kier alpha value is -2.39. The molecule has 0 unspecified atom stereocenters. The number of methoxy groups -OCH3 is 1. The Labute approximate surface area is 156 Å². The number of hydrogen-bond acceptors (Lipinski definition) is 6.